The lowest BCUT2D eigenvalue weighted by Gasteiger charge is -2.23. The molecule has 16 heteroatoms. The first-order valence-electron chi connectivity index (χ1n) is 11.0. The van der Waals surface area contributed by atoms with E-state index in [-0.39, 0.29) is 31.8 Å². The zero-order valence-electron chi connectivity index (χ0n) is 19.8. The van der Waals surface area contributed by atoms with Crippen LogP contribution in [0.2, 0.25) is 0 Å². The number of carbonyl (C=O) groups is 5. The molecule has 200 valence electrons. The molecule has 0 aliphatic rings. The Morgan fingerprint density at radius 1 is 1.03 bits per heavy atom. The van der Waals surface area contributed by atoms with Crippen LogP contribution in [0.5, 0.6) is 0 Å². The lowest BCUT2D eigenvalue weighted by atomic mass is 10.1. The third-order valence-electron chi connectivity index (χ3n) is 4.93. The zero-order chi connectivity index (χ0) is 27.3. The molecule has 0 aliphatic heterocycles. The Hall–Kier alpha value is -4.21. The van der Waals surface area contributed by atoms with Gasteiger partial charge in [-0.05, 0) is 26.2 Å². The van der Waals surface area contributed by atoms with Gasteiger partial charge in [-0.15, -0.1) is 0 Å². The number of rotatable bonds is 16. The Balaban J connectivity index is 2.74. The van der Waals surface area contributed by atoms with Crippen LogP contribution in [-0.2, 0) is 30.4 Å². The number of carbonyl (C=O) groups excluding carboxylic acids is 3. The highest BCUT2D eigenvalue weighted by molar-refractivity contribution is 5.94. The van der Waals surface area contributed by atoms with Gasteiger partial charge in [0, 0.05) is 31.3 Å². The fourth-order valence-corrected chi connectivity index (χ4v) is 2.96. The van der Waals surface area contributed by atoms with E-state index in [9.17, 15) is 29.1 Å². The van der Waals surface area contributed by atoms with Gasteiger partial charge in [0.05, 0.1) is 12.4 Å². The Morgan fingerprint density at radius 2 is 1.69 bits per heavy atom. The first-order chi connectivity index (χ1) is 16.9. The predicted molar refractivity (Wildman–Crippen MR) is 126 cm³/mol. The van der Waals surface area contributed by atoms with Crippen LogP contribution in [0, 0.1) is 0 Å². The second kappa shape index (κ2) is 14.9. The minimum Gasteiger partial charge on any atom is -0.481 e. The summed E-state index contributed by atoms with van der Waals surface area (Å²) in [6.45, 7) is 1.56. The van der Waals surface area contributed by atoms with Gasteiger partial charge in [-0.3, -0.25) is 24.2 Å². The van der Waals surface area contributed by atoms with Crippen molar-refractivity contribution in [1.82, 2.24) is 25.9 Å². The molecule has 0 spiro atoms. The van der Waals surface area contributed by atoms with Crippen LogP contribution in [0.3, 0.4) is 0 Å². The predicted octanol–water partition coefficient (Wildman–Crippen LogP) is -3.24. The SMILES string of the molecule is CC(NC(=O)C(CCC(=O)O)NC(=O)C(N)CCCN=C(N)N)C(=O)NC(Cc1cnc[nH]1)C(=O)O. The third kappa shape index (κ3) is 11.3. The minimum absolute atomic E-state index is 0.0693. The van der Waals surface area contributed by atoms with Gasteiger partial charge in [-0.2, -0.15) is 0 Å². The number of H-pyrrole nitrogens is 1. The van der Waals surface area contributed by atoms with E-state index in [0.29, 0.717) is 12.1 Å². The molecule has 0 bridgehead atoms. The molecule has 16 nitrogen and oxygen atoms in total. The number of aliphatic imine (C=N–C) groups is 1. The summed E-state index contributed by atoms with van der Waals surface area (Å²) in [4.78, 5) is 70.4. The number of nitrogens with two attached hydrogens (primary N) is 3. The fraction of sp³-hybridized carbons (Fsp3) is 0.550. The lowest BCUT2D eigenvalue weighted by Crippen LogP contribution is -2.56. The van der Waals surface area contributed by atoms with Crippen molar-refractivity contribution in [2.24, 2.45) is 22.2 Å². The van der Waals surface area contributed by atoms with Crippen molar-refractivity contribution < 1.29 is 34.2 Å². The molecular weight excluding hydrogens is 478 g/mol. The molecule has 1 aromatic rings. The molecule has 3 amide bonds. The van der Waals surface area contributed by atoms with Gasteiger partial charge in [0.15, 0.2) is 5.96 Å². The molecule has 0 aromatic carbocycles. The number of nitrogens with zero attached hydrogens (tertiary/aromatic N) is 2. The smallest absolute Gasteiger partial charge is 0.326 e. The maximum absolute atomic E-state index is 12.7. The van der Waals surface area contributed by atoms with E-state index in [1.807, 2.05) is 0 Å². The van der Waals surface area contributed by atoms with Crippen molar-refractivity contribution in [2.75, 3.05) is 6.54 Å². The summed E-state index contributed by atoms with van der Waals surface area (Å²) in [5, 5.41) is 25.4. The van der Waals surface area contributed by atoms with Gasteiger partial charge in [0.2, 0.25) is 17.7 Å². The highest BCUT2D eigenvalue weighted by Crippen LogP contribution is 2.03. The Bertz CT molecular complexity index is 932. The van der Waals surface area contributed by atoms with Crippen LogP contribution >= 0.6 is 0 Å². The summed E-state index contributed by atoms with van der Waals surface area (Å²) in [7, 11) is 0. The number of imidazole rings is 1. The molecule has 4 atom stereocenters. The van der Waals surface area contributed by atoms with E-state index in [4.69, 9.17) is 22.3 Å². The molecule has 0 radical (unpaired) electrons. The average molecular weight is 512 g/mol. The number of nitrogens with one attached hydrogen (secondary N) is 4. The Labute approximate surface area is 206 Å². The Morgan fingerprint density at radius 3 is 2.25 bits per heavy atom. The topological polar surface area (TPSA) is 281 Å². The second-order valence-electron chi connectivity index (χ2n) is 7.96. The van der Waals surface area contributed by atoms with Crippen molar-refractivity contribution in [3.8, 4) is 0 Å². The van der Waals surface area contributed by atoms with Gasteiger partial charge < -0.3 is 48.3 Å². The van der Waals surface area contributed by atoms with Crippen molar-refractivity contribution in [2.45, 2.75) is 63.2 Å². The molecular formula is C20H33N9O7. The number of guanidine groups is 1. The lowest BCUT2D eigenvalue weighted by molar-refractivity contribution is -0.142. The highest BCUT2D eigenvalue weighted by Gasteiger charge is 2.29. The van der Waals surface area contributed by atoms with E-state index in [1.165, 1.54) is 19.4 Å². The number of aliphatic carboxylic acids is 2. The van der Waals surface area contributed by atoms with Crippen LogP contribution in [0.4, 0.5) is 0 Å². The number of hydrogen-bond acceptors (Lipinski definition) is 8. The number of aromatic nitrogens is 2. The number of aromatic amines is 1. The summed E-state index contributed by atoms with van der Waals surface area (Å²) in [6.07, 6.45) is 2.58. The quantitative estimate of drug-likeness (QED) is 0.0603. The molecule has 0 saturated carbocycles. The molecule has 0 saturated heterocycles. The van der Waals surface area contributed by atoms with Crippen molar-refractivity contribution in [1.29, 1.82) is 0 Å². The van der Waals surface area contributed by atoms with E-state index in [0.717, 1.165) is 0 Å². The summed E-state index contributed by atoms with van der Waals surface area (Å²) in [6, 6.07) is -4.80. The normalized spacial score (nSPS) is 13.9. The minimum atomic E-state index is -1.30. The molecule has 36 heavy (non-hydrogen) atoms. The summed E-state index contributed by atoms with van der Waals surface area (Å²) < 4.78 is 0. The summed E-state index contributed by atoms with van der Waals surface area (Å²) in [5.41, 5.74) is 16.7. The third-order valence-corrected chi connectivity index (χ3v) is 4.93. The second-order valence-corrected chi connectivity index (χ2v) is 7.96. The highest BCUT2D eigenvalue weighted by atomic mass is 16.4. The van der Waals surface area contributed by atoms with Crippen LogP contribution in [0.25, 0.3) is 0 Å². The van der Waals surface area contributed by atoms with Crippen LogP contribution in [0.1, 0.15) is 38.3 Å². The van der Waals surface area contributed by atoms with Gasteiger partial charge in [0.25, 0.3) is 0 Å². The first kappa shape index (κ1) is 29.8. The van der Waals surface area contributed by atoms with E-state index >= 15 is 0 Å². The van der Waals surface area contributed by atoms with Crippen LogP contribution < -0.4 is 33.2 Å². The molecule has 4 unspecified atom stereocenters. The number of carboxylic acid groups (broad SMARTS) is 2. The monoisotopic (exact) mass is 511 g/mol. The van der Waals surface area contributed by atoms with E-state index in [1.54, 1.807) is 0 Å². The van der Waals surface area contributed by atoms with Crippen molar-refractivity contribution in [3.05, 3.63) is 18.2 Å². The molecule has 1 heterocycles. The van der Waals surface area contributed by atoms with Crippen LogP contribution in [-0.4, -0.2) is 86.5 Å². The Kier molecular flexibility index (Phi) is 12.4. The molecule has 0 fully saturated rings. The van der Waals surface area contributed by atoms with Gasteiger partial charge in [-0.25, -0.2) is 9.78 Å². The molecule has 1 aromatic heterocycles. The largest absolute Gasteiger partial charge is 0.481 e. The maximum atomic E-state index is 12.7. The molecule has 0 aliphatic carbocycles. The van der Waals surface area contributed by atoms with Crippen molar-refractivity contribution in [3.63, 3.8) is 0 Å². The van der Waals surface area contributed by atoms with Crippen LogP contribution in [0.15, 0.2) is 17.5 Å². The summed E-state index contributed by atoms with van der Waals surface area (Å²) in [5.74, 6) is -4.93. The fourth-order valence-electron chi connectivity index (χ4n) is 2.96. The number of amides is 3. The molecule has 12 N–H and O–H groups in total. The zero-order valence-corrected chi connectivity index (χ0v) is 19.8. The molecule has 1 rings (SSSR count). The standard InChI is InChI=1S/C20H33N9O7/c1-10(16(32)29-14(19(35)36)7-11-8-24-9-26-11)27-18(34)13(4-5-15(30)31)28-17(33)12(21)3-2-6-25-20(22)23/h8-10,12-14H,2-7,21H2,1H3,(H,24,26)(H,27,34)(H,28,33)(H,29,32)(H,30,31)(H,35,36)(H4,22,23,25). The number of carboxylic acids is 2. The maximum Gasteiger partial charge on any atom is 0.326 e. The first-order valence-corrected chi connectivity index (χ1v) is 11.0. The number of hydrogen-bond donors (Lipinski definition) is 9. The van der Waals surface area contributed by atoms with Gasteiger partial charge in [-0.1, -0.05) is 0 Å². The van der Waals surface area contributed by atoms with Gasteiger partial charge in [0.1, 0.15) is 18.1 Å². The van der Waals surface area contributed by atoms with Gasteiger partial charge >= 0.3 is 11.9 Å². The average Bonchev–Trinajstić information content (AvgIpc) is 3.31. The van der Waals surface area contributed by atoms with Crippen molar-refractivity contribution >= 4 is 35.6 Å². The van der Waals surface area contributed by atoms with E-state index in [2.05, 4.69) is 30.9 Å². The van der Waals surface area contributed by atoms with E-state index < -0.39 is 60.2 Å². The summed E-state index contributed by atoms with van der Waals surface area (Å²) >= 11 is 0.